The molecule has 0 bridgehead atoms. The molecule has 0 fully saturated rings. The lowest BCUT2D eigenvalue weighted by molar-refractivity contribution is 0.283. The van der Waals surface area contributed by atoms with Crippen molar-refractivity contribution in [2.75, 3.05) is 25.1 Å². The molecule has 1 N–H and O–H groups in total. The SMILES string of the molecule is Cc1nc(Cl)cc(N(C)CCCCCO)n1. The molecule has 0 saturated heterocycles. The Bertz CT molecular complexity index is 313. The summed E-state index contributed by atoms with van der Waals surface area (Å²) in [6.07, 6.45) is 2.92. The van der Waals surface area contributed by atoms with Crippen molar-refractivity contribution in [2.45, 2.75) is 26.2 Å². The Morgan fingerprint density at radius 1 is 1.31 bits per heavy atom. The molecule has 90 valence electrons. The van der Waals surface area contributed by atoms with E-state index >= 15 is 0 Å². The first-order chi connectivity index (χ1) is 7.63. The maximum Gasteiger partial charge on any atom is 0.134 e. The Morgan fingerprint density at radius 3 is 2.69 bits per heavy atom. The van der Waals surface area contributed by atoms with Crippen molar-refractivity contribution in [1.29, 1.82) is 0 Å². The second-order valence-corrected chi connectivity index (χ2v) is 4.19. The molecule has 0 atom stereocenters. The predicted molar refractivity (Wildman–Crippen MR) is 66.0 cm³/mol. The summed E-state index contributed by atoms with van der Waals surface area (Å²) in [5.74, 6) is 1.53. The van der Waals surface area contributed by atoms with Crippen LogP contribution in [-0.4, -0.2) is 35.3 Å². The first-order valence-electron chi connectivity index (χ1n) is 5.46. The van der Waals surface area contributed by atoms with Crippen LogP contribution in [0.25, 0.3) is 0 Å². The van der Waals surface area contributed by atoms with Gasteiger partial charge in [0.05, 0.1) is 0 Å². The van der Waals surface area contributed by atoms with E-state index in [0.717, 1.165) is 31.6 Å². The van der Waals surface area contributed by atoms with Crippen molar-refractivity contribution in [3.63, 3.8) is 0 Å². The fourth-order valence-electron chi connectivity index (χ4n) is 1.46. The molecule has 16 heavy (non-hydrogen) atoms. The van der Waals surface area contributed by atoms with E-state index in [4.69, 9.17) is 16.7 Å². The van der Waals surface area contributed by atoms with Gasteiger partial charge in [0.15, 0.2) is 0 Å². The molecule has 0 spiro atoms. The second-order valence-electron chi connectivity index (χ2n) is 3.80. The highest BCUT2D eigenvalue weighted by atomic mass is 35.5. The molecular formula is C11H18ClN3O. The lowest BCUT2D eigenvalue weighted by Gasteiger charge is -2.18. The molecular weight excluding hydrogens is 226 g/mol. The normalized spacial score (nSPS) is 10.5. The fraction of sp³-hybridized carbons (Fsp3) is 0.636. The van der Waals surface area contributed by atoms with Crippen LogP contribution in [0.1, 0.15) is 25.1 Å². The summed E-state index contributed by atoms with van der Waals surface area (Å²) in [7, 11) is 1.98. The van der Waals surface area contributed by atoms with Crippen molar-refractivity contribution < 1.29 is 5.11 Å². The minimum Gasteiger partial charge on any atom is -0.396 e. The lowest BCUT2D eigenvalue weighted by Crippen LogP contribution is -2.20. The van der Waals surface area contributed by atoms with Gasteiger partial charge < -0.3 is 10.0 Å². The van der Waals surface area contributed by atoms with E-state index in [0.29, 0.717) is 11.0 Å². The fourth-order valence-corrected chi connectivity index (χ4v) is 1.68. The van der Waals surface area contributed by atoms with Crippen molar-refractivity contribution in [2.24, 2.45) is 0 Å². The summed E-state index contributed by atoms with van der Waals surface area (Å²) in [4.78, 5) is 10.4. The largest absolute Gasteiger partial charge is 0.396 e. The maximum atomic E-state index is 8.67. The van der Waals surface area contributed by atoms with E-state index in [1.165, 1.54) is 0 Å². The Morgan fingerprint density at radius 2 is 2.06 bits per heavy atom. The highest BCUT2D eigenvalue weighted by Gasteiger charge is 2.05. The van der Waals surface area contributed by atoms with Crippen LogP contribution in [0.2, 0.25) is 5.15 Å². The van der Waals surface area contributed by atoms with Gasteiger partial charge in [-0.1, -0.05) is 11.6 Å². The van der Waals surface area contributed by atoms with Gasteiger partial charge in [-0.3, -0.25) is 0 Å². The highest BCUT2D eigenvalue weighted by Crippen LogP contribution is 2.15. The Labute approximate surface area is 101 Å². The van der Waals surface area contributed by atoms with Gasteiger partial charge in [-0.05, 0) is 26.2 Å². The van der Waals surface area contributed by atoms with E-state index < -0.39 is 0 Å². The molecule has 0 aliphatic rings. The first-order valence-corrected chi connectivity index (χ1v) is 5.84. The van der Waals surface area contributed by atoms with E-state index in [2.05, 4.69) is 14.9 Å². The van der Waals surface area contributed by atoms with Crippen LogP contribution < -0.4 is 4.90 Å². The highest BCUT2D eigenvalue weighted by molar-refractivity contribution is 6.29. The van der Waals surface area contributed by atoms with Gasteiger partial charge in [0.1, 0.15) is 16.8 Å². The number of rotatable bonds is 6. The van der Waals surface area contributed by atoms with E-state index in [1.54, 1.807) is 6.07 Å². The number of aliphatic hydroxyl groups excluding tert-OH is 1. The third-order valence-corrected chi connectivity index (χ3v) is 2.53. The Kier molecular flexibility index (Phi) is 5.49. The van der Waals surface area contributed by atoms with Crippen LogP contribution in [0.5, 0.6) is 0 Å². The molecule has 1 aromatic rings. The number of anilines is 1. The van der Waals surface area contributed by atoms with Gasteiger partial charge in [-0.25, -0.2) is 9.97 Å². The number of hydrogen-bond donors (Lipinski definition) is 1. The van der Waals surface area contributed by atoms with Crippen LogP contribution in [0.4, 0.5) is 5.82 Å². The number of nitrogens with zero attached hydrogens (tertiary/aromatic N) is 3. The minimum atomic E-state index is 0.266. The third-order valence-electron chi connectivity index (χ3n) is 2.34. The van der Waals surface area contributed by atoms with Crippen molar-refractivity contribution in [3.05, 3.63) is 17.0 Å². The number of aliphatic hydroxyl groups is 1. The second kappa shape index (κ2) is 6.66. The van der Waals surface area contributed by atoms with Crippen molar-refractivity contribution in [3.8, 4) is 0 Å². The molecule has 0 aliphatic carbocycles. The molecule has 0 amide bonds. The zero-order valence-electron chi connectivity index (χ0n) is 9.78. The van der Waals surface area contributed by atoms with Gasteiger partial charge in [0.2, 0.25) is 0 Å². The molecule has 1 rings (SSSR count). The average Bonchev–Trinajstić information content (AvgIpc) is 2.22. The van der Waals surface area contributed by atoms with Crippen LogP contribution in [0.15, 0.2) is 6.07 Å². The smallest absolute Gasteiger partial charge is 0.134 e. The summed E-state index contributed by atoms with van der Waals surface area (Å²) in [6.45, 7) is 3.00. The lowest BCUT2D eigenvalue weighted by atomic mass is 10.2. The van der Waals surface area contributed by atoms with Gasteiger partial charge in [0, 0.05) is 26.3 Å². The standard InChI is InChI=1S/C11H18ClN3O/c1-9-13-10(12)8-11(14-9)15(2)6-4-3-5-7-16/h8,16H,3-7H2,1-2H3. The molecule has 1 heterocycles. The molecule has 0 saturated carbocycles. The average molecular weight is 244 g/mol. The van der Waals surface area contributed by atoms with E-state index in [1.807, 2.05) is 14.0 Å². The van der Waals surface area contributed by atoms with Gasteiger partial charge in [-0.2, -0.15) is 0 Å². The number of unbranched alkanes of at least 4 members (excludes halogenated alkanes) is 2. The monoisotopic (exact) mass is 243 g/mol. The molecule has 0 aliphatic heterocycles. The van der Waals surface area contributed by atoms with Crippen LogP contribution >= 0.6 is 11.6 Å². The quantitative estimate of drug-likeness (QED) is 0.614. The number of aryl methyl sites for hydroxylation is 1. The van der Waals surface area contributed by atoms with Crippen LogP contribution in [0, 0.1) is 6.92 Å². The molecule has 5 heteroatoms. The van der Waals surface area contributed by atoms with Crippen LogP contribution in [0.3, 0.4) is 0 Å². The Hall–Kier alpha value is -0.870. The third kappa shape index (κ3) is 4.33. The summed E-state index contributed by atoms with van der Waals surface area (Å²) >= 11 is 5.87. The summed E-state index contributed by atoms with van der Waals surface area (Å²) in [5.41, 5.74) is 0. The molecule has 0 aromatic carbocycles. The summed E-state index contributed by atoms with van der Waals surface area (Å²) in [6, 6.07) is 1.76. The van der Waals surface area contributed by atoms with Gasteiger partial charge >= 0.3 is 0 Å². The minimum absolute atomic E-state index is 0.266. The van der Waals surface area contributed by atoms with Gasteiger partial charge in [-0.15, -0.1) is 0 Å². The summed E-state index contributed by atoms with van der Waals surface area (Å²) in [5, 5.41) is 9.15. The molecule has 0 radical (unpaired) electrons. The van der Waals surface area contributed by atoms with E-state index in [9.17, 15) is 0 Å². The number of halogens is 1. The van der Waals surface area contributed by atoms with E-state index in [-0.39, 0.29) is 6.61 Å². The van der Waals surface area contributed by atoms with Crippen LogP contribution in [-0.2, 0) is 0 Å². The number of hydrogen-bond acceptors (Lipinski definition) is 4. The zero-order valence-corrected chi connectivity index (χ0v) is 10.5. The van der Waals surface area contributed by atoms with Gasteiger partial charge in [0.25, 0.3) is 0 Å². The van der Waals surface area contributed by atoms with Crippen molar-refractivity contribution in [1.82, 2.24) is 9.97 Å². The number of aromatic nitrogens is 2. The molecule has 4 nitrogen and oxygen atoms in total. The predicted octanol–water partition coefficient (Wildman–Crippen LogP) is 2.04. The van der Waals surface area contributed by atoms with Crippen molar-refractivity contribution >= 4 is 17.4 Å². The molecule has 1 aromatic heterocycles. The molecule has 0 unspecified atom stereocenters. The summed E-state index contributed by atoms with van der Waals surface area (Å²) < 4.78 is 0. The first kappa shape index (κ1) is 13.2. The zero-order chi connectivity index (χ0) is 12.0. The topological polar surface area (TPSA) is 49.2 Å². The maximum absolute atomic E-state index is 8.67. The Balaban J connectivity index is 2.48.